The molecule has 184 valence electrons. The summed E-state index contributed by atoms with van der Waals surface area (Å²) in [6.07, 6.45) is 9.53. The van der Waals surface area contributed by atoms with Crippen LogP contribution in [0.5, 0.6) is 0 Å². The maximum Gasteiger partial charge on any atom is 0.410 e. The van der Waals surface area contributed by atoms with Gasteiger partial charge in [-0.2, -0.15) is 0 Å². The number of hydrogen-bond donors (Lipinski definition) is 1. The van der Waals surface area contributed by atoms with Crippen LogP contribution < -0.4 is 5.32 Å². The van der Waals surface area contributed by atoms with Gasteiger partial charge in [0.25, 0.3) is 5.91 Å². The predicted octanol–water partition coefficient (Wildman–Crippen LogP) is 4.51. The standard InChI is InChI=1S/C28H39N3O3/c1-4-19-34-27(33)31-15-11-22(12-16-31)30-17-13-28(14-18-30)20-24(23-9-7-8-10-25(23)28)26(32)29-21(5-2)6-3/h4,7-10,20-22H,1,5-6,11-19H2,2-3H3,(H,29,32). The summed E-state index contributed by atoms with van der Waals surface area (Å²) in [6.45, 7) is 11.6. The van der Waals surface area contributed by atoms with Crippen LogP contribution in [0.25, 0.3) is 5.57 Å². The molecule has 2 heterocycles. The Bertz CT molecular complexity index is 921. The molecule has 0 aromatic heterocycles. The maximum atomic E-state index is 13.2. The number of amides is 2. The van der Waals surface area contributed by atoms with Gasteiger partial charge in [0.05, 0.1) is 0 Å². The number of ether oxygens (including phenoxy) is 1. The number of hydrogen-bond acceptors (Lipinski definition) is 4. The van der Waals surface area contributed by atoms with Gasteiger partial charge in [-0.1, -0.05) is 56.8 Å². The highest BCUT2D eigenvalue weighted by Gasteiger charge is 2.43. The number of allylic oxidation sites excluding steroid dienone is 1. The Kier molecular flexibility index (Phi) is 7.77. The lowest BCUT2D eigenvalue weighted by Crippen LogP contribution is -2.51. The molecule has 2 fully saturated rings. The van der Waals surface area contributed by atoms with Gasteiger partial charge in [-0.15, -0.1) is 0 Å². The summed E-state index contributed by atoms with van der Waals surface area (Å²) in [6, 6.07) is 9.18. The van der Waals surface area contributed by atoms with Crippen LogP contribution in [0, 0.1) is 0 Å². The summed E-state index contributed by atoms with van der Waals surface area (Å²) in [5, 5.41) is 3.24. The van der Waals surface area contributed by atoms with E-state index in [2.05, 4.69) is 54.9 Å². The lowest BCUT2D eigenvalue weighted by atomic mass is 9.74. The van der Waals surface area contributed by atoms with Crippen LogP contribution in [-0.4, -0.2) is 66.7 Å². The molecule has 1 aliphatic carbocycles. The fourth-order valence-electron chi connectivity index (χ4n) is 5.86. The van der Waals surface area contributed by atoms with Crippen molar-refractivity contribution in [2.24, 2.45) is 0 Å². The third kappa shape index (κ3) is 4.92. The van der Waals surface area contributed by atoms with Crippen molar-refractivity contribution in [2.75, 3.05) is 32.8 Å². The fraction of sp³-hybridized carbons (Fsp3) is 0.571. The average molecular weight is 466 g/mol. The molecular formula is C28H39N3O3. The van der Waals surface area contributed by atoms with Crippen molar-refractivity contribution in [2.45, 2.75) is 69.9 Å². The molecule has 6 heteroatoms. The molecule has 0 saturated carbocycles. The second-order valence-corrected chi connectivity index (χ2v) is 9.87. The molecule has 3 aliphatic rings. The summed E-state index contributed by atoms with van der Waals surface area (Å²) in [5.74, 6) is 0.0659. The molecule has 4 rings (SSSR count). The van der Waals surface area contributed by atoms with Crippen molar-refractivity contribution in [1.82, 2.24) is 15.1 Å². The molecule has 1 aromatic carbocycles. The lowest BCUT2D eigenvalue weighted by molar-refractivity contribution is -0.116. The maximum absolute atomic E-state index is 13.2. The zero-order chi connectivity index (χ0) is 24.1. The van der Waals surface area contributed by atoms with Gasteiger partial charge in [0, 0.05) is 36.2 Å². The van der Waals surface area contributed by atoms with Gasteiger partial charge in [0.15, 0.2) is 0 Å². The van der Waals surface area contributed by atoms with E-state index in [1.807, 2.05) is 11.0 Å². The Morgan fingerprint density at radius 1 is 1.15 bits per heavy atom. The van der Waals surface area contributed by atoms with Crippen molar-refractivity contribution in [3.8, 4) is 0 Å². The number of nitrogens with zero attached hydrogens (tertiary/aromatic N) is 2. The van der Waals surface area contributed by atoms with Crippen molar-refractivity contribution in [3.05, 3.63) is 54.1 Å². The Labute approximate surface area is 204 Å². The van der Waals surface area contributed by atoms with Crippen LogP contribution in [0.15, 0.2) is 43.0 Å². The number of piperidine rings is 2. The molecule has 2 amide bonds. The highest BCUT2D eigenvalue weighted by atomic mass is 16.6. The number of rotatable bonds is 7. The van der Waals surface area contributed by atoms with Crippen molar-refractivity contribution < 1.29 is 14.3 Å². The van der Waals surface area contributed by atoms with E-state index in [1.54, 1.807) is 6.08 Å². The number of carbonyl (C=O) groups is 2. The molecule has 1 spiro atoms. The van der Waals surface area contributed by atoms with E-state index in [-0.39, 0.29) is 30.1 Å². The van der Waals surface area contributed by atoms with Gasteiger partial charge in [-0.3, -0.25) is 4.79 Å². The Morgan fingerprint density at radius 2 is 1.82 bits per heavy atom. The minimum atomic E-state index is -0.233. The molecule has 0 bridgehead atoms. The van der Waals surface area contributed by atoms with E-state index in [1.165, 1.54) is 5.56 Å². The lowest BCUT2D eigenvalue weighted by Gasteiger charge is -2.44. The summed E-state index contributed by atoms with van der Waals surface area (Å²) in [4.78, 5) is 29.7. The summed E-state index contributed by atoms with van der Waals surface area (Å²) < 4.78 is 5.19. The van der Waals surface area contributed by atoms with E-state index >= 15 is 0 Å². The van der Waals surface area contributed by atoms with Crippen molar-refractivity contribution in [3.63, 3.8) is 0 Å². The smallest absolute Gasteiger partial charge is 0.410 e. The van der Waals surface area contributed by atoms with E-state index in [9.17, 15) is 9.59 Å². The molecule has 0 unspecified atom stereocenters. The second-order valence-electron chi connectivity index (χ2n) is 9.87. The number of likely N-dealkylation sites (tertiary alicyclic amines) is 2. The first-order chi connectivity index (χ1) is 16.5. The zero-order valence-corrected chi connectivity index (χ0v) is 20.7. The minimum Gasteiger partial charge on any atom is -0.445 e. The third-order valence-electron chi connectivity index (χ3n) is 7.99. The topological polar surface area (TPSA) is 61.9 Å². The van der Waals surface area contributed by atoms with Crippen LogP contribution in [-0.2, 0) is 14.9 Å². The van der Waals surface area contributed by atoms with Gasteiger partial charge in [-0.05, 0) is 62.7 Å². The average Bonchev–Trinajstić information content (AvgIpc) is 3.20. The zero-order valence-electron chi connectivity index (χ0n) is 20.7. The van der Waals surface area contributed by atoms with E-state index in [4.69, 9.17) is 4.74 Å². The normalized spacial score (nSPS) is 20.2. The molecule has 0 atom stereocenters. The Balaban J connectivity index is 1.40. The van der Waals surface area contributed by atoms with E-state index in [0.717, 1.165) is 75.8 Å². The van der Waals surface area contributed by atoms with Gasteiger partial charge >= 0.3 is 6.09 Å². The van der Waals surface area contributed by atoms with Crippen LogP contribution in [0.2, 0.25) is 0 Å². The monoisotopic (exact) mass is 465 g/mol. The molecule has 1 aromatic rings. The second kappa shape index (κ2) is 10.8. The molecule has 6 nitrogen and oxygen atoms in total. The highest BCUT2D eigenvalue weighted by Crippen LogP contribution is 2.47. The largest absolute Gasteiger partial charge is 0.445 e. The van der Waals surface area contributed by atoms with Crippen molar-refractivity contribution in [1.29, 1.82) is 0 Å². The first-order valence-electron chi connectivity index (χ1n) is 12.9. The number of carbonyl (C=O) groups excluding carboxylic acids is 2. The summed E-state index contributed by atoms with van der Waals surface area (Å²) in [5.41, 5.74) is 3.21. The summed E-state index contributed by atoms with van der Waals surface area (Å²) >= 11 is 0. The number of nitrogens with one attached hydrogen (secondary N) is 1. The minimum absolute atomic E-state index is 0.0527. The van der Waals surface area contributed by atoms with Crippen LogP contribution >= 0.6 is 0 Å². The fourth-order valence-corrected chi connectivity index (χ4v) is 5.86. The van der Waals surface area contributed by atoms with Crippen LogP contribution in [0.1, 0.15) is 63.5 Å². The van der Waals surface area contributed by atoms with E-state index in [0.29, 0.717) is 6.04 Å². The predicted molar refractivity (Wildman–Crippen MR) is 136 cm³/mol. The van der Waals surface area contributed by atoms with E-state index < -0.39 is 0 Å². The molecule has 0 radical (unpaired) electrons. The van der Waals surface area contributed by atoms with Crippen molar-refractivity contribution >= 4 is 17.6 Å². The number of benzene rings is 1. The van der Waals surface area contributed by atoms with Gasteiger partial charge < -0.3 is 19.9 Å². The quantitative estimate of drug-likeness (QED) is 0.602. The van der Waals surface area contributed by atoms with Crippen LogP contribution in [0.4, 0.5) is 4.79 Å². The number of fused-ring (bicyclic) bond motifs is 2. The molecule has 34 heavy (non-hydrogen) atoms. The Morgan fingerprint density at radius 3 is 2.47 bits per heavy atom. The Hall–Kier alpha value is -2.60. The highest BCUT2D eigenvalue weighted by molar-refractivity contribution is 6.21. The molecule has 2 aliphatic heterocycles. The third-order valence-corrected chi connectivity index (χ3v) is 7.99. The van der Waals surface area contributed by atoms with Gasteiger partial charge in [0.1, 0.15) is 6.61 Å². The van der Waals surface area contributed by atoms with Gasteiger partial charge in [-0.25, -0.2) is 4.79 Å². The van der Waals surface area contributed by atoms with Crippen LogP contribution in [0.3, 0.4) is 0 Å². The molecular weight excluding hydrogens is 426 g/mol. The molecule has 2 saturated heterocycles. The van der Waals surface area contributed by atoms with Gasteiger partial charge in [0.2, 0.25) is 0 Å². The SMILES string of the molecule is C=CCOC(=O)N1CCC(N2CCC3(C=C(C(=O)NC(CC)CC)c4ccccc43)CC2)CC1. The first kappa shape index (κ1) is 24.5. The first-order valence-corrected chi connectivity index (χ1v) is 12.9. The molecule has 1 N–H and O–H groups in total. The summed E-state index contributed by atoms with van der Waals surface area (Å²) in [7, 11) is 0.